The molecule has 3 aromatic carbocycles. The molecule has 5 rings (SSSR count). The van der Waals surface area contributed by atoms with Crippen LogP contribution in [0.25, 0.3) is 0 Å². The first kappa shape index (κ1) is 17.1. The maximum absolute atomic E-state index is 6.70. The van der Waals surface area contributed by atoms with Crippen molar-refractivity contribution in [2.24, 2.45) is 5.73 Å². The van der Waals surface area contributed by atoms with Crippen molar-refractivity contribution in [3.8, 4) is 17.2 Å². The number of rotatable bonds is 2. The van der Waals surface area contributed by atoms with Crippen LogP contribution in [0.4, 0.5) is 5.69 Å². The summed E-state index contributed by atoms with van der Waals surface area (Å²) in [4.78, 5) is 0. The average Bonchev–Trinajstić information content (AvgIpc) is 3.09. The highest BCUT2D eigenvalue weighted by molar-refractivity contribution is 5.62. The summed E-state index contributed by atoms with van der Waals surface area (Å²) in [5.74, 6) is 1.02. The molecule has 1 spiro atoms. The molecule has 28 heavy (non-hydrogen) atoms. The molecule has 0 saturated carbocycles. The largest absolute Gasteiger partial charge is 0.497 e. The summed E-state index contributed by atoms with van der Waals surface area (Å²) in [5.41, 5.74) is 15.4. The van der Waals surface area contributed by atoms with Crippen LogP contribution < -0.4 is 26.3 Å². The lowest BCUT2D eigenvalue weighted by atomic mass is 9.80. The Bertz CT molecular complexity index is 1070. The lowest BCUT2D eigenvalue weighted by Crippen LogP contribution is -2.54. The van der Waals surface area contributed by atoms with Crippen molar-refractivity contribution in [2.45, 2.75) is 11.4 Å². The first-order chi connectivity index (χ1) is 13.5. The topological polar surface area (TPSA) is 91.8 Å². The molecule has 2 atom stereocenters. The molecule has 2 heterocycles. The number of anilines is 1. The monoisotopic (exact) mass is 375 g/mol. The first-order valence-electron chi connectivity index (χ1n) is 9.08. The molecule has 6 nitrogen and oxygen atoms in total. The zero-order valence-electron chi connectivity index (χ0n) is 15.4. The highest BCUT2D eigenvalue weighted by Crippen LogP contribution is 2.51. The van der Waals surface area contributed by atoms with E-state index < -0.39 is 11.4 Å². The Balaban J connectivity index is 1.67. The van der Waals surface area contributed by atoms with Crippen molar-refractivity contribution in [3.05, 3.63) is 83.4 Å². The molecule has 2 unspecified atom stereocenters. The molecule has 1 fully saturated rings. The van der Waals surface area contributed by atoms with E-state index in [0.29, 0.717) is 18.0 Å². The van der Waals surface area contributed by atoms with E-state index in [1.54, 1.807) is 7.11 Å². The average molecular weight is 375 g/mol. The predicted molar refractivity (Wildman–Crippen MR) is 106 cm³/mol. The number of nitrogen functional groups attached to an aromatic ring is 1. The minimum absolute atomic E-state index is 0.331. The van der Waals surface area contributed by atoms with Crippen molar-refractivity contribution in [2.75, 3.05) is 19.5 Å². The molecular weight excluding hydrogens is 354 g/mol. The third kappa shape index (κ3) is 2.39. The highest BCUT2D eigenvalue weighted by Gasteiger charge is 2.53. The van der Waals surface area contributed by atoms with Crippen LogP contribution in [-0.4, -0.2) is 13.7 Å². The Morgan fingerprint density at radius 2 is 1.79 bits per heavy atom. The minimum Gasteiger partial charge on any atom is -0.497 e. The fourth-order valence-electron chi connectivity index (χ4n) is 4.05. The number of fused-ring (bicyclic) bond motifs is 4. The van der Waals surface area contributed by atoms with Crippen molar-refractivity contribution in [3.63, 3.8) is 0 Å². The first-order valence-corrected chi connectivity index (χ1v) is 9.08. The van der Waals surface area contributed by atoms with Crippen molar-refractivity contribution >= 4 is 5.69 Å². The molecule has 1 saturated heterocycles. The number of benzene rings is 3. The van der Waals surface area contributed by atoms with Crippen molar-refractivity contribution in [1.29, 1.82) is 0 Å². The van der Waals surface area contributed by atoms with E-state index in [-0.39, 0.29) is 0 Å². The zero-order valence-corrected chi connectivity index (χ0v) is 15.4. The molecule has 0 aliphatic carbocycles. The standard InChI is InChI=1S/C22H21N3O3/c1-26-16-6-4-5-14(11-16)22(24)25-21(13-27-22)17-7-2-3-8-19(17)28-20-10-9-15(23)12-18(20)21/h2-12,25H,13,23-24H2,1H3. The van der Waals surface area contributed by atoms with Crippen LogP contribution in [0.5, 0.6) is 17.2 Å². The molecule has 6 heteroatoms. The normalized spacial score (nSPS) is 25.1. The van der Waals surface area contributed by atoms with Crippen LogP contribution in [-0.2, 0) is 16.1 Å². The third-order valence-corrected chi connectivity index (χ3v) is 5.44. The molecule has 0 amide bonds. The van der Waals surface area contributed by atoms with E-state index in [1.807, 2.05) is 66.7 Å². The number of methoxy groups -OCH3 is 1. The van der Waals surface area contributed by atoms with Gasteiger partial charge in [-0.15, -0.1) is 0 Å². The second kappa shape index (κ2) is 5.97. The van der Waals surface area contributed by atoms with Gasteiger partial charge in [0.25, 0.3) is 0 Å². The summed E-state index contributed by atoms with van der Waals surface area (Å²) < 4.78 is 17.7. The Morgan fingerprint density at radius 1 is 0.964 bits per heavy atom. The fraction of sp³-hybridized carbons (Fsp3) is 0.182. The van der Waals surface area contributed by atoms with E-state index in [9.17, 15) is 0 Å². The molecule has 142 valence electrons. The number of hydrogen-bond acceptors (Lipinski definition) is 6. The molecule has 5 N–H and O–H groups in total. The lowest BCUT2D eigenvalue weighted by molar-refractivity contribution is -0.00934. The molecule has 2 aliphatic heterocycles. The van der Waals surface area contributed by atoms with Gasteiger partial charge in [0.2, 0.25) is 5.85 Å². The van der Waals surface area contributed by atoms with Gasteiger partial charge < -0.3 is 19.9 Å². The van der Waals surface area contributed by atoms with Gasteiger partial charge in [0, 0.05) is 22.4 Å². The van der Waals surface area contributed by atoms with Gasteiger partial charge in [0.05, 0.1) is 13.7 Å². The molecule has 0 radical (unpaired) electrons. The van der Waals surface area contributed by atoms with Crippen LogP contribution in [0, 0.1) is 0 Å². The Hall–Kier alpha value is -3.06. The summed E-state index contributed by atoms with van der Waals surface area (Å²) in [7, 11) is 1.63. The maximum atomic E-state index is 6.70. The highest BCUT2D eigenvalue weighted by atomic mass is 16.5. The minimum atomic E-state index is -1.19. The number of ether oxygens (including phenoxy) is 3. The van der Waals surface area contributed by atoms with Crippen LogP contribution in [0.2, 0.25) is 0 Å². The van der Waals surface area contributed by atoms with Crippen LogP contribution in [0.3, 0.4) is 0 Å². The van der Waals surface area contributed by atoms with E-state index in [2.05, 4.69) is 5.32 Å². The summed E-state index contributed by atoms with van der Waals surface area (Å²) in [5, 5.41) is 3.55. The molecule has 0 aromatic heterocycles. The molecular formula is C22H21N3O3. The molecule has 3 aromatic rings. The Morgan fingerprint density at radius 3 is 2.64 bits per heavy atom. The Kier molecular flexibility index (Phi) is 3.64. The SMILES string of the molecule is COc1cccc(C2(N)NC3(CO2)c2ccccc2Oc2ccc(N)cc23)c1. The molecule has 0 bridgehead atoms. The Labute approximate surface area is 163 Å². The van der Waals surface area contributed by atoms with Crippen LogP contribution in [0.1, 0.15) is 16.7 Å². The summed E-state index contributed by atoms with van der Waals surface area (Å²) >= 11 is 0. The van der Waals surface area contributed by atoms with E-state index in [1.165, 1.54) is 0 Å². The van der Waals surface area contributed by atoms with Gasteiger partial charge in [-0.05, 0) is 36.4 Å². The zero-order chi connectivity index (χ0) is 19.4. The number of nitrogens with two attached hydrogens (primary N) is 2. The third-order valence-electron chi connectivity index (χ3n) is 5.44. The fourth-order valence-corrected chi connectivity index (χ4v) is 4.05. The quantitative estimate of drug-likeness (QED) is 0.597. The van der Waals surface area contributed by atoms with Gasteiger partial charge in [-0.3, -0.25) is 11.1 Å². The smallest absolute Gasteiger partial charge is 0.200 e. The van der Waals surface area contributed by atoms with Gasteiger partial charge >= 0.3 is 0 Å². The van der Waals surface area contributed by atoms with Crippen LogP contribution >= 0.6 is 0 Å². The summed E-state index contributed by atoms with van der Waals surface area (Å²) in [6, 6.07) is 21.1. The van der Waals surface area contributed by atoms with E-state index >= 15 is 0 Å². The predicted octanol–water partition coefficient (Wildman–Crippen LogP) is 3.02. The summed E-state index contributed by atoms with van der Waals surface area (Å²) in [6.45, 7) is 0.331. The van der Waals surface area contributed by atoms with Crippen LogP contribution in [0.15, 0.2) is 66.7 Å². The van der Waals surface area contributed by atoms with Gasteiger partial charge in [0.15, 0.2) is 0 Å². The number of hydrogen-bond donors (Lipinski definition) is 3. The van der Waals surface area contributed by atoms with Gasteiger partial charge in [-0.25, -0.2) is 0 Å². The van der Waals surface area contributed by atoms with Gasteiger partial charge in [0.1, 0.15) is 22.8 Å². The van der Waals surface area contributed by atoms with E-state index in [4.69, 9.17) is 25.7 Å². The second-order valence-electron chi connectivity index (χ2n) is 7.14. The molecule has 2 aliphatic rings. The second-order valence-corrected chi connectivity index (χ2v) is 7.14. The van der Waals surface area contributed by atoms with Crippen molar-refractivity contribution < 1.29 is 14.2 Å². The number of para-hydroxylation sites is 1. The summed E-state index contributed by atoms with van der Waals surface area (Å²) in [6.07, 6.45) is 0. The lowest BCUT2D eigenvalue weighted by Gasteiger charge is -2.38. The van der Waals surface area contributed by atoms with Crippen molar-refractivity contribution in [1.82, 2.24) is 5.32 Å². The van der Waals surface area contributed by atoms with Gasteiger partial charge in [-0.1, -0.05) is 30.3 Å². The maximum Gasteiger partial charge on any atom is 0.200 e. The van der Waals surface area contributed by atoms with Gasteiger partial charge in [-0.2, -0.15) is 0 Å². The van der Waals surface area contributed by atoms with E-state index in [0.717, 1.165) is 28.2 Å². The number of nitrogens with one attached hydrogen (secondary N) is 1.